The third kappa shape index (κ3) is 5.29. The summed E-state index contributed by atoms with van der Waals surface area (Å²) >= 11 is 0. The number of anilines is 1. The van der Waals surface area contributed by atoms with Crippen LogP contribution in [0.5, 0.6) is 0 Å². The number of hydrogen-bond acceptors (Lipinski definition) is 6. The summed E-state index contributed by atoms with van der Waals surface area (Å²) in [4.78, 5) is 34.5. The van der Waals surface area contributed by atoms with Crippen molar-refractivity contribution < 1.29 is 32.6 Å². The van der Waals surface area contributed by atoms with Gasteiger partial charge in [0, 0.05) is 44.5 Å². The number of ether oxygens (including phenoxy) is 1. The molecule has 0 bridgehead atoms. The maximum atomic E-state index is 12.6. The average molecular weight is 431 g/mol. The Morgan fingerprint density at radius 3 is 2.47 bits per heavy atom. The zero-order valence-corrected chi connectivity index (χ0v) is 16.4. The van der Waals surface area contributed by atoms with Crippen molar-refractivity contribution >= 4 is 17.9 Å². The molecule has 2 fully saturated rings. The highest BCUT2D eigenvalue weighted by Gasteiger charge is 2.38. The fourth-order valence-corrected chi connectivity index (χ4v) is 3.71. The van der Waals surface area contributed by atoms with Crippen LogP contribution in [-0.2, 0) is 15.7 Å². The molecule has 0 aliphatic carbocycles. The molecular formula is C18H24F3N5O4. The Labute approximate surface area is 171 Å². The number of nitrogens with one attached hydrogen (secondary N) is 1. The van der Waals surface area contributed by atoms with Crippen molar-refractivity contribution in [2.45, 2.75) is 50.6 Å². The molecule has 1 unspecified atom stereocenters. The molecule has 9 nitrogen and oxygen atoms in total. The van der Waals surface area contributed by atoms with Gasteiger partial charge in [-0.1, -0.05) is 0 Å². The fourth-order valence-electron chi connectivity index (χ4n) is 3.71. The molecule has 2 saturated heterocycles. The maximum Gasteiger partial charge on any atom is 0.419 e. The van der Waals surface area contributed by atoms with E-state index in [1.54, 1.807) is 11.8 Å². The Morgan fingerprint density at radius 1 is 1.27 bits per heavy atom. The maximum absolute atomic E-state index is 12.6. The van der Waals surface area contributed by atoms with E-state index in [1.165, 1.54) is 0 Å². The van der Waals surface area contributed by atoms with Crippen molar-refractivity contribution in [3.63, 3.8) is 0 Å². The second-order valence-corrected chi connectivity index (χ2v) is 7.48. The number of carboxylic acid groups (broad SMARTS) is 1. The molecule has 2 N–H and O–H groups in total. The summed E-state index contributed by atoms with van der Waals surface area (Å²) in [6.07, 6.45) is -2.79. The molecule has 3 heterocycles. The number of halogens is 3. The Morgan fingerprint density at radius 2 is 1.90 bits per heavy atom. The van der Waals surface area contributed by atoms with Gasteiger partial charge in [-0.25, -0.2) is 14.8 Å². The summed E-state index contributed by atoms with van der Waals surface area (Å²) in [7, 11) is 0. The van der Waals surface area contributed by atoms with Crippen LogP contribution in [0, 0.1) is 0 Å². The summed E-state index contributed by atoms with van der Waals surface area (Å²) in [6, 6.07) is -0.400. The van der Waals surface area contributed by atoms with Crippen LogP contribution in [0.4, 0.5) is 23.9 Å². The molecule has 2 amide bonds. The van der Waals surface area contributed by atoms with Crippen LogP contribution in [0.1, 0.15) is 31.7 Å². The van der Waals surface area contributed by atoms with Crippen LogP contribution in [-0.4, -0.2) is 76.4 Å². The van der Waals surface area contributed by atoms with Gasteiger partial charge in [0.1, 0.15) is 6.10 Å². The van der Waals surface area contributed by atoms with Gasteiger partial charge < -0.3 is 25.0 Å². The highest BCUT2D eigenvalue weighted by molar-refractivity contribution is 5.83. The molecule has 3 rings (SSSR count). The van der Waals surface area contributed by atoms with Gasteiger partial charge in [0.2, 0.25) is 5.95 Å². The molecule has 0 aromatic carbocycles. The molecular weight excluding hydrogens is 407 g/mol. The van der Waals surface area contributed by atoms with Crippen molar-refractivity contribution in [2.24, 2.45) is 0 Å². The lowest BCUT2D eigenvalue weighted by molar-refractivity contribution is -0.140. The molecule has 0 saturated carbocycles. The van der Waals surface area contributed by atoms with Gasteiger partial charge in [0.15, 0.2) is 0 Å². The Hall–Kier alpha value is -2.63. The second-order valence-electron chi connectivity index (χ2n) is 7.48. The summed E-state index contributed by atoms with van der Waals surface area (Å²) in [5.41, 5.74) is -0.886. The van der Waals surface area contributed by atoms with Crippen LogP contribution in [0.3, 0.4) is 0 Å². The van der Waals surface area contributed by atoms with E-state index in [4.69, 9.17) is 9.84 Å². The predicted octanol–water partition coefficient (Wildman–Crippen LogP) is 1.74. The summed E-state index contributed by atoms with van der Waals surface area (Å²) in [5.74, 6) is 0.136. The first kappa shape index (κ1) is 22.1. The van der Waals surface area contributed by atoms with Crippen molar-refractivity contribution in [1.29, 1.82) is 0 Å². The van der Waals surface area contributed by atoms with Gasteiger partial charge in [0.25, 0.3) is 5.91 Å². The molecule has 12 heteroatoms. The first-order valence-electron chi connectivity index (χ1n) is 9.71. The first-order valence-corrected chi connectivity index (χ1v) is 9.71. The molecule has 166 valence electrons. The number of aromatic nitrogens is 2. The minimum Gasteiger partial charge on any atom is -0.465 e. The number of carbonyl (C=O) groups is 2. The zero-order chi connectivity index (χ0) is 21.9. The summed E-state index contributed by atoms with van der Waals surface area (Å²) < 4.78 is 43.5. The molecule has 1 aromatic heterocycles. The Kier molecular flexibility index (Phi) is 6.64. The molecule has 30 heavy (non-hydrogen) atoms. The van der Waals surface area contributed by atoms with Crippen molar-refractivity contribution in [3.05, 3.63) is 18.0 Å². The number of rotatable bonds is 6. The normalized spacial score (nSPS) is 21.7. The van der Waals surface area contributed by atoms with Crippen LogP contribution in [0.25, 0.3) is 0 Å². The minimum atomic E-state index is -4.47. The molecule has 2 aliphatic rings. The number of nitrogens with zero attached hydrogens (tertiary/aromatic N) is 4. The van der Waals surface area contributed by atoms with E-state index in [-0.39, 0.29) is 24.5 Å². The predicted molar refractivity (Wildman–Crippen MR) is 99.0 cm³/mol. The summed E-state index contributed by atoms with van der Waals surface area (Å²) in [5, 5.41) is 11.0. The van der Waals surface area contributed by atoms with Gasteiger partial charge in [-0.05, 0) is 19.8 Å². The number of hydrogen-bond donors (Lipinski definition) is 2. The summed E-state index contributed by atoms with van der Waals surface area (Å²) in [6.45, 7) is 3.39. The van der Waals surface area contributed by atoms with Gasteiger partial charge >= 0.3 is 12.3 Å². The third-order valence-corrected chi connectivity index (χ3v) is 5.26. The topological polar surface area (TPSA) is 108 Å². The number of carbonyl (C=O) groups excluding carboxylic acids is 1. The van der Waals surface area contributed by atoms with Gasteiger partial charge in [0.05, 0.1) is 18.2 Å². The molecule has 0 radical (unpaired) electrons. The highest BCUT2D eigenvalue weighted by Crippen LogP contribution is 2.29. The van der Waals surface area contributed by atoms with Crippen LogP contribution in [0.15, 0.2) is 12.4 Å². The van der Waals surface area contributed by atoms with E-state index in [1.807, 2.05) is 4.90 Å². The van der Waals surface area contributed by atoms with E-state index >= 15 is 0 Å². The number of piperidine rings is 1. The fraction of sp³-hybridized carbons (Fsp3) is 0.667. The average Bonchev–Trinajstić information content (AvgIpc) is 3.06. The largest absolute Gasteiger partial charge is 0.465 e. The van der Waals surface area contributed by atoms with Crippen molar-refractivity contribution in [3.8, 4) is 0 Å². The van der Waals surface area contributed by atoms with Crippen LogP contribution >= 0.6 is 0 Å². The van der Waals surface area contributed by atoms with Gasteiger partial charge in [-0.15, -0.1) is 0 Å². The second kappa shape index (κ2) is 9.02. The van der Waals surface area contributed by atoms with Crippen LogP contribution < -0.4 is 10.2 Å². The molecule has 1 aromatic rings. The van der Waals surface area contributed by atoms with E-state index in [2.05, 4.69) is 15.3 Å². The monoisotopic (exact) mass is 431 g/mol. The first-order chi connectivity index (χ1) is 14.1. The lowest BCUT2D eigenvalue weighted by Crippen LogP contribution is -2.47. The molecule has 2 aliphatic heterocycles. The standard InChI is InChI=1S/C18H24F3N5O4/c1-11(24-17(28)29)10-30-14-4-7-26(15(14)27)13-2-5-25(6-3-13)16-22-8-12(9-23-16)18(19,20)21/h8-9,11,13-14,24H,2-7,10H2,1H3,(H,28,29)/t11-,14?/m0/s1. The minimum absolute atomic E-state index is 0.0198. The zero-order valence-electron chi connectivity index (χ0n) is 16.4. The Balaban J connectivity index is 1.48. The lowest BCUT2D eigenvalue weighted by Gasteiger charge is -2.36. The van der Waals surface area contributed by atoms with Crippen molar-refractivity contribution in [2.75, 3.05) is 31.1 Å². The Bertz CT molecular complexity index is 753. The highest BCUT2D eigenvalue weighted by atomic mass is 19.4. The van der Waals surface area contributed by atoms with Gasteiger partial charge in [-0.2, -0.15) is 13.2 Å². The lowest BCUT2D eigenvalue weighted by atomic mass is 10.0. The number of likely N-dealkylation sites (tertiary alicyclic amines) is 1. The smallest absolute Gasteiger partial charge is 0.419 e. The molecule has 2 atom stereocenters. The van der Waals surface area contributed by atoms with Gasteiger partial charge in [-0.3, -0.25) is 4.79 Å². The number of amides is 2. The molecule has 0 spiro atoms. The van der Waals surface area contributed by atoms with E-state index in [9.17, 15) is 22.8 Å². The quantitative estimate of drug-likeness (QED) is 0.706. The van der Waals surface area contributed by atoms with E-state index in [0.717, 1.165) is 12.4 Å². The van der Waals surface area contributed by atoms with E-state index in [0.29, 0.717) is 38.9 Å². The van der Waals surface area contributed by atoms with E-state index < -0.39 is 30.0 Å². The third-order valence-electron chi connectivity index (χ3n) is 5.26. The van der Waals surface area contributed by atoms with Crippen molar-refractivity contribution in [1.82, 2.24) is 20.2 Å². The SMILES string of the molecule is C[C@@H](COC1CCN(C2CCN(c3ncc(C(F)(F)F)cn3)CC2)C1=O)NC(=O)O. The van der Waals surface area contributed by atoms with Crippen LogP contribution in [0.2, 0.25) is 0 Å². The number of alkyl halides is 3.